The number of amides is 2. The number of rotatable bonds is 9. The van der Waals surface area contributed by atoms with Crippen molar-refractivity contribution in [2.45, 2.75) is 69.9 Å². The van der Waals surface area contributed by atoms with Gasteiger partial charge < -0.3 is 26.4 Å². The first kappa shape index (κ1) is 22.8. The minimum atomic E-state index is -1.18. The van der Waals surface area contributed by atoms with E-state index in [1.807, 2.05) is 0 Å². The summed E-state index contributed by atoms with van der Waals surface area (Å²) in [4.78, 5) is 34.9. The van der Waals surface area contributed by atoms with Crippen molar-refractivity contribution in [3.8, 4) is 0 Å². The van der Waals surface area contributed by atoms with Crippen LogP contribution < -0.4 is 21.3 Å². The average molecular weight is 435 g/mol. The second-order valence-corrected chi connectivity index (χ2v) is 8.34. The van der Waals surface area contributed by atoms with Gasteiger partial charge in [-0.15, -0.1) is 0 Å². The van der Waals surface area contributed by atoms with Crippen LogP contribution in [0.25, 0.3) is 0 Å². The van der Waals surface area contributed by atoms with E-state index in [4.69, 9.17) is 5.11 Å². The zero-order chi connectivity index (χ0) is 22.2. The predicted molar refractivity (Wildman–Crippen MR) is 116 cm³/mol. The van der Waals surface area contributed by atoms with Crippen LogP contribution in [0.4, 0.5) is 15.8 Å². The molecule has 2 amide bonds. The first-order chi connectivity index (χ1) is 14.9. The zero-order valence-corrected chi connectivity index (χ0v) is 17.6. The maximum atomic E-state index is 14.9. The van der Waals surface area contributed by atoms with Crippen LogP contribution in [0, 0.1) is 5.82 Å². The Morgan fingerprint density at radius 2 is 1.42 bits per heavy atom. The molecular formula is C22H31FN4O4. The molecule has 2 saturated carbocycles. The van der Waals surface area contributed by atoms with Gasteiger partial charge in [-0.25, -0.2) is 4.39 Å². The fraction of sp³-hybridized carbons (Fsp3) is 0.591. The Labute approximate surface area is 181 Å². The molecule has 0 aliphatic heterocycles. The van der Waals surface area contributed by atoms with E-state index in [1.54, 1.807) is 6.07 Å². The maximum Gasteiger partial charge on any atom is 0.322 e. The Morgan fingerprint density at radius 3 is 2.03 bits per heavy atom. The van der Waals surface area contributed by atoms with Gasteiger partial charge in [0.2, 0.25) is 5.91 Å². The van der Waals surface area contributed by atoms with Gasteiger partial charge in [0.25, 0.3) is 5.91 Å². The summed E-state index contributed by atoms with van der Waals surface area (Å²) in [5.74, 6) is -2.90. The van der Waals surface area contributed by atoms with Crippen molar-refractivity contribution in [1.29, 1.82) is 0 Å². The molecule has 0 aromatic heterocycles. The molecule has 5 N–H and O–H groups in total. The van der Waals surface area contributed by atoms with Crippen molar-refractivity contribution in [3.05, 3.63) is 23.5 Å². The molecule has 8 nitrogen and oxygen atoms in total. The van der Waals surface area contributed by atoms with Gasteiger partial charge in [-0.1, -0.05) is 32.1 Å². The highest BCUT2D eigenvalue weighted by atomic mass is 19.1. The number of carboxylic acid groups (broad SMARTS) is 1. The van der Waals surface area contributed by atoms with E-state index in [0.29, 0.717) is 11.4 Å². The van der Waals surface area contributed by atoms with Crippen molar-refractivity contribution >= 4 is 29.2 Å². The summed E-state index contributed by atoms with van der Waals surface area (Å²) in [7, 11) is 0. The second kappa shape index (κ2) is 11.0. The Bertz CT molecular complexity index is 805. The normalized spacial score (nSPS) is 17.2. The van der Waals surface area contributed by atoms with Crippen molar-refractivity contribution < 1.29 is 23.9 Å². The fourth-order valence-corrected chi connectivity index (χ4v) is 4.24. The van der Waals surface area contributed by atoms with Gasteiger partial charge in [-0.05, 0) is 37.8 Å². The van der Waals surface area contributed by atoms with Gasteiger partial charge in [0.15, 0.2) is 0 Å². The van der Waals surface area contributed by atoms with Crippen LogP contribution in [-0.2, 0) is 9.59 Å². The number of benzene rings is 1. The highest BCUT2D eigenvalue weighted by Gasteiger charge is 2.22. The highest BCUT2D eigenvalue weighted by molar-refractivity contribution is 6.02. The Morgan fingerprint density at radius 1 is 0.839 bits per heavy atom. The molecule has 3 rings (SSSR count). The van der Waals surface area contributed by atoms with Crippen molar-refractivity contribution in [1.82, 2.24) is 10.6 Å². The molecule has 0 saturated heterocycles. The molecule has 0 atom stereocenters. The van der Waals surface area contributed by atoms with Crippen LogP contribution in [-0.4, -0.2) is 48.1 Å². The second-order valence-electron chi connectivity index (χ2n) is 8.34. The monoisotopic (exact) mass is 434 g/mol. The summed E-state index contributed by atoms with van der Waals surface area (Å²) < 4.78 is 14.9. The number of hydrogen-bond donors (Lipinski definition) is 5. The van der Waals surface area contributed by atoms with E-state index < -0.39 is 36.7 Å². The van der Waals surface area contributed by atoms with Gasteiger partial charge in [-0.2, -0.15) is 0 Å². The molecule has 0 heterocycles. The summed E-state index contributed by atoms with van der Waals surface area (Å²) in [5.41, 5.74) is 1.04. The van der Waals surface area contributed by atoms with E-state index >= 15 is 0 Å². The minimum absolute atomic E-state index is 0.129. The molecule has 2 aliphatic carbocycles. The molecule has 2 aliphatic rings. The number of carbonyl (C=O) groups excluding carboxylic acids is 2. The molecule has 0 spiro atoms. The molecule has 0 unspecified atom stereocenters. The lowest BCUT2D eigenvalue weighted by atomic mass is 9.95. The third-order valence-corrected chi connectivity index (χ3v) is 5.88. The minimum Gasteiger partial charge on any atom is -0.480 e. The first-order valence-corrected chi connectivity index (χ1v) is 11.1. The number of halogens is 1. The van der Waals surface area contributed by atoms with Crippen LogP contribution in [0.2, 0.25) is 0 Å². The van der Waals surface area contributed by atoms with Crippen molar-refractivity contribution in [2.75, 3.05) is 23.7 Å². The topological polar surface area (TPSA) is 120 Å². The van der Waals surface area contributed by atoms with Gasteiger partial charge in [-0.3, -0.25) is 14.4 Å². The van der Waals surface area contributed by atoms with Gasteiger partial charge in [0.05, 0.1) is 17.8 Å². The third kappa shape index (κ3) is 6.83. The van der Waals surface area contributed by atoms with Gasteiger partial charge in [0.1, 0.15) is 12.4 Å². The maximum absolute atomic E-state index is 14.9. The summed E-state index contributed by atoms with van der Waals surface area (Å²) in [5, 5.41) is 19.9. The van der Waals surface area contributed by atoms with Crippen LogP contribution in [0.5, 0.6) is 0 Å². The van der Waals surface area contributed by atoms with Gasteiger partial charge >= 0.3 is 5.97 Å². The van der Waals surface area contributed by atoms with E-state index in [-0.39, 0.29) is 17.6 Å². The zero-order valence-electron chi connectivity index (χ0n) is 17.6. The van der Waals surface area contributed by atoms with Crippen LogP contribution in [0.15, 0.2) is 12.1 Å². The van der Waals surface area contributed by atoms with E-state index in [1.165, 1.54) is 12.5 Å². The molecule has 0 radical (unpaired) electrons. The lowest BCUT2D eigenvalue weighted by molar-refractivity contribution is -0.137. The molecule has 1 aromatic rings. The van der Waals surface area contributed by atoms with Crippen molar-refractivity contribution in [2.24, 2.45) is 0 Å². The van der Waals surface area contributed by atoms with E-state index in [0.717, 1.165) is 51.4 Å². The average Bonchev–Trinajstić information content (AvgIpc) is 3.26. The molecular weight excluding hydrogens is 403 g/mol. The Kier molecular flexibility index (Phi) is 8.08. The number of hydrogen-bond acceptors (Lipinski definition) is 5. The molecule has 9 heteroatoms. The summed E-state index contributed by atoms with van der Waals surface area (Å²) in [6.45, 7) is -0.919. The summed E-state index contributed by atoms with van der Waals surface area (Å²) in [6, 6.07) is 3.30. The lowest BCUT2D eigenvalue weighted by Crippen LogP contribution is -2.39. The van der Waals surface area contributed by atoms with Crippen LogP contribution >= 0.6 is 0 Å². The molecule has 1 aromatic carbocycles. The Hall–Kier alpha value is -2.84. The number of carboxylic acids is 1. The first-order valence-electron chi connectivity index (χ1n) is 11.1. The molecule has 31 heavy (non-hydrogen) atoms. The Balaban J connectivity index is 1.73. The van der Waals surface area contributed by atoms with Gasteiger partial charge in [0, 0.05) is 17.8 Å². The third-order valence-electron chi connectivity index (χ3n) is 5.88. The number of carbonyl (C=O) groups is 3. The number of aliphatic carboxylic acids is 1. The van der Waals surface area contributed by atoms with Crippen molar-refractivity contribution in [3.63, 3.8) is 0 Å². The fourth-order valence-electron chi connectivity index (χ4n) is 4.24. The smallest absolute Gasteiger partial charge is 0.322 e. The highest BCUT2D eigenvalue weighted by Crippen LogP contribution is 2.30. The standard InChI is InChI=1S/C22H31FN4O4/c23-17-10-16(22(31)25-12-20(28)24-13-21(29)30)18(26-14-8-4-5-9-14)11-19(17)27-15-6-2-1-3-7-15/h10-11,14-15,26-27H,1-9,12-13H2,(H,24,28)(H,25,31)(H,29,30). The van der Waals surface area contributed by atoms with Crippen LogP contribution in [0.1, 0.15) is 68.1 Å². The van der Waals surface area contributed by atoms with E-state index in [9.17, 15) is 18.8 Å². The number of anilines is 2. The number of nitrogens with one attached hydrogen (secondary N) is 4. The molecule has 2 fully saturated rings. The quantitative estimate of drug-likeness (QED) is 0.408. The van der Waals surface area contributed by atoms with Crippen LogP contribution in [0.3, 0.4) is 0 Å². The van der Waals surface area contributed by atoms with E-state index in [2.05, 4.69) is 21.3 Å². The molecule has 170 valence electrons. The summed E-state index contributed by atoms with van der Waals surface area (Å²) >= 11 is 0. The largest absolute Gasteiger partial charge is 0.480 e. The predicted octanol–water partition coefficient (Wildman–Crippen LogP) is 2.86. The summed E-state index contributed by atoms with van der Waals surface area (Å²) in [6.07, 6.45) is 9.64. The lowest BCUT2D eigenvalue weighted by Gasteiger charge is -2.25. The SMILES string of the molecule is O=C(O)CNC(=O)CNC(=O)c1cc(F)c(NC2CCCCC2)cc1NC1CCCC1. The molecule has 0 bridgehead atoms.